The Kier molecular flexibility index (Phi) is 2.38. The third kappa shape index (κ3) is 1.87. The number of nitrogens with zero attached hydrogens (tertiary/aromatic N) is 3. The van der Waals surface area contributed by atoms with Crippen molar-refractivity contribution in [1.29, 1.82) is 0 Å². The van der Waals surface area contributed by atoms with Crippen LogP contribution in [0.5, 0.6) is 0 Å². The Morgan fingerprint density at radius 1 is 1.60 bits per heavy atom. The van der Waals surface area contributed by atoms with Crippen LogP contribution in [-0.4, -0.2) is 28.3 Å². The molecule has 0 radical (unpaired) electrons. The van der Waals surface area contributed by atoms with Crippen LogP contribution >= 0.6 is 0 Å². The Labute approximate surface area is 87.8 Å². The standard InChI is InChI=1S/C10H11N3O2/c1-15-6-5-13-7-12-9-8(10(13)14)3-2-4-11-9/h2-4,7H,5-6H2,1H3/i2D. The first-order chi connectivity index (χ1) is 7.72. The Morgan fingerprint density at radius 2 is 2.47 bits per heavy atom. The third-order valence-electron chi connectivity index (χ3n) is 2.08. The first-order valence-electron chi connectivity index (χ1n) is 5.03. The van der Waals surface area contributed by atoms with Crippen LogP contribution in [0.15, 0.2) is 29.4 Å². The van der Waals surface area contributed by atoms with E-state index in [2.05, 4.69) is 9.97 Å². The first kappa shape index (κ1) is 8.55. The topological polar surface area (TPSA) is 57.0 Å². The quantitative estimate of drug-likeness (QED) is 0.731. The van der Waals surface area contributed by atoms with Crippen LogP contribution in [0.4, 0.5) is 0 Å². The predicted molar refractivity (Wildman–Crippen MR) is 55.7 cm³/mol. The highest BCUT2D eigenvalue weighted by Gasteiger charge is 2.03. The number of methoxy groups -OCH3 is 1. The Balaban J connectivity index is 2.55. The molecule has 0 amide bonds. The molecule has 0 aliphatic carbocycles. The molecule has 0 saturated heterocycles. The maximum absolute atomic E-state index is 11.9. The SMILES string of the molecule is [2H]c1cnc2ncn(CCOC)c(=O)c2c1. The van der Waals surface area contributed by atoms with Gasteiger partial charge in [0.15, 0.2) is 5.65 Å². The Bertz CT molecular complexity index is 567. The molecule has 15 heavy (non-hydrogen) atoms. The third-order valence-corrected chi connectivity index (χ3v) is 2.08. The van der Waals surface area contributed by atoms with Gasteiger partial charge in [-0.05, 0) is 12.1 Å². The second-order valence-electron chi connectivity index (χ2n) is 3.04. The van der Waals surface area contributed by atoms with Gasteiger partial charge in [-0.1, -0.05) is 0 Å². The van der Waals surface area contributed by atoms with Crippen LogP contribution in [0.2, 0.25) is 0 Å². The largest absolute Gasteiger partial charge is 0.383 e. The van der Waals surface area contributed by atoms with Gasteiger partial charge < -0.3 is 4.74 Å². The highest BCUT2D eigenvalue weighted by atomic mass is 16.5. The lowest BCUT2D eigenvalue weighted by molar-refractivity contribution is 0.186. The smallest absolute Gasteiger partial charge is 0.262 e. The fourth-order valence-corrected chi connectivity index (χ4v) is 1.29. The lowest BCUT2D eigenvalue weighted by atomic mass is 10.3. The van der Waals surface area contributed by atoms with Gasteiger partial charge in [-0.2, -0.15) is 0 Å². The van der Waals surface area contributed by atoms with Crippen LogP contribution in [0.25, 0.3) is 11.0 Å². The summed E-state index contributed by atoms with van der Waals surface area (Å²) < 4.78 is 13.8. The number of rotatable bonds is 3. The van der Waals surface area contributed by atoms with Crippen molar-refractivity contribution in [3.05, 3.63) is 35.0 Å². The average Bonchev–Trinajstić information content (AvgIpc) is 2.29. The lowest BCUT2D eigenvalue weighted by Crippen LogP contribution is -2.22. The number of hydrogen-bond acceptors (Lipinski definition) is 4. The monoisotopic (exact) mass is 206 g/mol. The number of fused-ring (bicyclic) bond motifs is 1. The predicted octanol–water partition coefficient (Wildman–Crippen LogP) is 0.438. The Morgan fingerprint density at radius 3 is 3.27 bits per heavy atom. The zero-order chi connectivity index (χ0) is 11.5. The van der Waals surface area contributed by atoms with Gasteiger partial charge >= 0.3 is 0 Å². The van der Waals surface area contributed by atoms with Crippen molar-refractivity contribution in [2.24, 2.45) is 0 Å². The van der Waals surface area contributed by atoms with E-state index < -0.39 is 0 Å². The molecule has 2 rings (SSSR count). The first-order valence-corrected chi connectivity index (χ1v) is 4.53. The maximum atomic E-state index is 11.9. The number of pyridine rings is 1. The van der Waals surface area contributed by atoms with Crippen LogP contribution in [0.1, 0.15) is 1.37 Å². The zero-order valence-corrected chi connectivity index (χ0v) is 8.30. The molecule has 2 aromatic heterocycles. The summed E-state index contributed by atoms with van der Waals surface area (Å²) in [5.74, 6) is 0. The van der Waals surface area contributed by atoms with Crippen molar-refractivity contribution in [3.63, 3.8) is 0 Å². The summed E-state index contributed by atoms with van der Waals surface area (Å²) in [6.07, 6.45) is 2.81. The summed E-state index contributed by atoms with van der Waals surface area (Å²) in [5, 5.41) is 0.367. The van der Waals surface area contributed by atoms with Crippen molar-refractivity contribution in [3.8, 4) is 0 Å². The van der Waals surface area contributed by atoms with Crippen molar-refractivity contribution in [2.45, 2.75) is 6.54 Å². The zero-order valence-electron chi connectivity index (χ0n) is 9.30. The van der Waals surface area contributed by atoms with Crippen molar-refractivity contribution < 1.29 is 6.11 Å². The Hall–Kier alpha value is -1.75. The van der Waals surface area contributed by atoms with E-state index in [9.17, 15) is 4.79 Å². The molecule has 0 bridgehead atoms. The highest BCUT2D eigenvalue weighted by Crippen LogP contribution is 2.00. The van der Waals surface area contributed by atoms with Gasteiger partial charge in [0.2, 0.25) is 0 Å². The molecule has 2 aromatic rings. The van der Waals surface area contributed by atoms with Crippen molar-refractivity contribution in [1.82, 2.24) is 14.5 Å². The highest BCUT2D eigenvalue weighted by molar-refractivity contribution is 5.72. The molecule has 78 valence electrons. The normalized spacial score (nSPS) is 11.7. The van der Waals surface area contributed by atoms with E-state index in [1.54, 1.807) is 7.11 Å². The number of hydrogen-bond donors (Lipinski definition) is 0. The van der Waals surface area contributed by atoms with E-state index in [0.717, 1.165) is 0 Å². The van der Waals surface area contributed by atoms with Gasteiger partial charge in [0.05, 0.1) is 19.9 Å². The molecule has 0 spiro atoms. The van der Waals surface area contributed by atoms with E-state index >= 15 is 0 Å². The van der Waals surface area contributed by atoms with E-state index in [4.69, 9.17) is 6.11 Å². The minimum atomic E-state index is -0.191. The van der Waals surface area contributed by atoms with E-state index in [-0.39, 0.29) is 11.6 Å². The van der Waals surface area contributed by atoms with Gasteiger partial charge in [-0.15, -0.1) is 0 Å². The molecule has 2 heterocycles. The summed E-state index contributed by atoms with van der Waals surface area (Å²) >= 11 is 0. The molecule has 5 heteroatoms. The average molecular weight is 206 g/mol. The molecule has 0 unspecified atom stereocenters. The molecule has 0 fully saturated rings. The molecule has 0 atom stereocenters. The van der Waals surface area contributed by atoms with Crippen LogP contribution in [0, 0.1) is 0 Å². The van der Waals surface area contributed by atoms with Gasteiger partial charge in [-0.25, -0.2) is 9.97 Å². The molecule has 0 saturated carbocycles. The summed E-state index contributed by atoms with van der Waals surface area (Å²) in [7, 11) is 1.57. The summed E-state index contributed by atoms with van der Waals surface area (Å²) in [6, 6.07) is 1.68. The molecule has 0 aliphatic heterocycles. The van der Waals surface area contributed by atoms with E-state index in [1.165, 1.54) is 23.2 Å². The molecule has 0 aliphatic rings. The molecule has 5 nitrogen and oxygen atoms in total. The van der Waals surface area contributed by atoms with E-state index in [1.807, 2.05) is 0 Å². The van der Waals surface area contributed by atoms with Crippen LogP contribution < -0.4 is 5.56 Å². The van der Waals surface area contributed by atoms with Crippen LogP contribution in [-0.2, 0) is 11.3 Å². The van der Waals surface area contributed by atoms with Gasteiger partial charge in [0.1, 0.15) is 6.33 Å². The summed E-state index contributed by atoms with van der Waals surface area (Å²) in [6.45, 7) is 0.890. The number of ether oxygens (including phenoxy) is 1. The fourth-order valence-electron chi connectivity index (χ4n) is 1.29. The molecular formula is C10H11N3O2. The number of aromatic nitrogens is 3. The molecular weight excluding hydrogens is 194 g/mol. The fraction of sp³-hybridized carbons (Fsp3) is 0.300. The second-order valence-corrected chi connectivity index (χ2v) is 3.04. The second kappa shape index (κ2) is 4.18. The van der Waals surface area contributed by atoms with E-state index in [0.29, 0.717) is 24.2 Å². The van der Waals surface area contributed by atoms with Gasteiger partial charge in [-0.3, -0.25) is 9.36 Å². The van der Waals surface area contributed by atoms with Crippen molar-refractivity contribution in [2.75, 3.05) is 13.7 Å². The minimum Gasteiger partial charge on any atom is -0.383 e. The lowest BCUT2D eigenvalue weighted by Gasteiger charge is -2.04. The molecule has 0 aromatic carbocycles. The summed E-state index contributed by atoms with van der Waals surface area (Å²) in [5.41, 5.74) is 0.179. The molecule has 0 N–H and O–H groups in total. The van der Waals surface area contributed by atoms with Crippen molar-refractivity contribution >= 4 is 11.0 Å². The minimum absolute atomic E-state index is 0.191. The maximum Gasteiger partial charge on any atom is 0.262 e. The summed E-state index contributed by atoms with van der Waals surface area (Å²) in [4.78, 5) is 19.9. The van der Waals surface area contributed by atoms with Gasteiger partial charge in [0, 0.05) is 13.3 Å². The van der Waals surface area contributed by atoms with Crippen LogP contribution in [0.3, 0.4) is 0 Å². The van der Waals surface area contributed by atoms with Gasteiger partial charge in [0.25, 0.3) is 5.56 Å².